The Bertz CT molecular complexity index is 492. The molecule has 0 radical (unpaired) electrons. The minimum Gasteiger partial charge on any atom is -0.487 e. The number of hydrogen-bond acceptors (Lipinski definition) is 7. The van der Waals surface area contributed by atoms with Crippen LogP contribution < -0.4 is 14.8 Å². The standard InChI is InChI=1S/C16H25NO6/c1-5-21-16(18)12-10-14(22-8-6-19-3)15(11-13(12)17-2)23-9-7-20-4/h10-11,17H,5-9H2,1-4H3. The molecule has 0 heterocycles. The quantitative estimate of drug-likeness (QED) is 0.492. The normalized spacial score (nSPS) is 10.3. The van der Waals surface area contributed by atoms with Gasteiger partial charge in [-0.3, -0.25) is 0 Å². The number of hydrogen-bond donors (Lipinski definition) is 1. The summed E-state index contributed by atoms with van der Waals surface area (Å²) in [4.78, 5) is 12.1. The van der Waals surface area contributed by atoms with Gasteiger partial charge < -0.3 is 29.0 Å². The molecule has 1 rings (SSSR count). The monoisotopic (exact) mass is 327 g/mol. The molecule has 0 bridgehead atoms. The lowest BCUT2D eigenvalue weighted by Gasteiger charge is -2.16. The highest BCUT2D eigenvalue weighted by Gasteiger charge is 2.18. The lowest BCUT2D eigenvalue weighted by atomic mass is 10.1. The van der Waals surface area contributed by atoms with Gasteiger partial charge in [0, 0.05) is 33.4 Å². The second kappa shape index (κ2) is 10.7. The van der Waals surface area contributed by atoms with Gasteiger partial charge in [-0.25, -0.2) is 4.79 Å². The summed E-state index contributed by atoms with van der Waals surface area (Å²) in [7, 11) is 4.91. The van der Waals surface area contributed by atoms with Crippen LogP contribution in [0.25, 0.3) is 0 Å². The highest BCUT2D eigenvalue weighted by Crippen LogP contribution is 2.34. The van der Waals surface area contributed by atoms with Crippen LogP contribution in [0.2, 0.25) is 0 Å². The van der Waals surface area contributed by atoms with Gasteiger partial charge >= 0.3 is 5.97 Å². The van der Waals surface area contributed by atoms with Crippen LogP contribution in [0.4, 0.5) is 5.69 Å². The first-order valence-corrected chi connectivity index (χ1v) is 7.44. The molecule has 0 saturated carbocycles. The first-order valence-electron chi connectivity index (χ1n) is 7.44. The van der Waals surface area contributed by atoms with E-state index >= 15 is 0 Å². The van der Waals surface area contributed by atoms with Gasteiger partial charge in [-0.05, 0) is 6.92 Å². The molecule has 0 atom stereocenters. The lowest BCUT2D eigenvalue weighted by Crippen LogP contribution is -2.12. The van der Waals surface area contributed by atoms with E-state index in [9.17, 15) is 4.79 Å². The molecule has 0 saturated heterocycles. The third-order valence-corrected chi connectivity index (χ3v) is 2.94. The van der Waals surface area contributed by atoms with Crippen LogP contribution in [0.3, 0.4) is 0 Å². The van der Waals surface area contributed by atoms with E-state index in [2.05, 4.69) is 5.32 Å². The number of carbonyl (C=O) groups is 1. The zero-order valence-corrected chi connectivity index (χ0v) is 14.1. The average Bonchev–Trinajstić information content (AvgIpc) is 2.56. The highest BCUT2D eigenvalue weighted by atomic mass is 16.6. The third kappa shape index (κ3) is 5.96. The van der Waals surface area contributed by atoms with Crippen molar-refractivity contribution in [1.29, 1.82) is 0 Å². The Balaban J connectivity index is 3.07. The zero-order chi connectivity index (χ0) is 17.1. The van der Waals surface area contributed by atoms with E-state index in [4.69, 9.17) is 23.7 Å². The summed E-state index contributed by atoms with van der Waals surface area (Å²) in [5.41, 5.74) is 0.996. The molecule has 1 aromatic carbocycles. The lowest BCUT2D eigenvalue weighted by molar-refractivity contribution is 0.0526. The predicted molar refractivity (Wildman–Crippen MR) is 86.7 cm³/mol. The predicted octanol–water partition coefficient (Wildman–Crippen LogP) is 1.96. The number of methoxy groups -OCH3 is 2. The minimum absolute atomic E-state index is 0.300. The molecule has 0 aliphatic rings. The maximum atomic E-state index is 12.1. The van der Waals surface area contributed by atoms with Gasteiger partial charge in [0.1, 0.15) is 13.2 Å². The molecular weight excluding hydrogens is 302 g/mol. The number of nitrogens with one attached hydrogen (secondary N) is 1. The van der Waals surface area contributed by atoms with E-state index in [1.165, 1.54) is 0 Å². The molecule has 0 amide bonds. The van der Waals surface area contributed by atoms with Gasteiger partial charge in [-0.15, -0.1) is 0 Å². The van der Waals surface area contributed by atoms with Crippen molar-refractivity contribution >= 4 is 11.7 Å². The molecule has 0 spiro atoms. The smallest absolute Gasteiger partial charge is 0.340 e. The second-order valence-corrected chi connectivity index (χ2v) is 4.50. The molecule has 0 aliphatic carbocycles. The van der Waals surface area contributed by atoms with Crippen molar-refractivity contribution in [1.82, 2.24) is 0 Å². The third-order valence-electron chi connectivity index (χ3n) is 2.94. The topological polar surface area (TPSA) is 75.3 Å². The molecule has 0 aliphatic heterocycles. The largest absolute Gasteiger partial charge is 0.487 e. The van der Waals surface area contributed by atoms with Crippen LogP contribution in [0.15, 0.2) is 12.1 Å². The fourth-order valence-corrected chi connectivity index (χ4v) is 1.84. The van der Waals surface area contributed by atoms with Gasteiger partial charge in [-0.1, -0.05) is 0 Å². The molecular formula is C16H25NO6. The summed E-state index contributed by atoms with van der Waals surface area (Å²) >= 11 is 0. The van der Waals surface area contributed by atoms with E-state index in [-0.39, 0.29) is 0 Å². The highest BCUT2D eigenvalue weighted by molar-refractivity contribution is 5.96. The van der Waals surface area contributed by atoms with Crippen molar-refractivity contribution in [2.45, 2.75) is 6.92 Å². The van der Waals surface area contributed by atoms with Crippen molar-refractivity contribution in [3.63, 3.8) is 0 Å². The Labute approximate surface area is 136 Å². The maximum absolute atomic E-state index is 12.1. The summed E-state index contributed by atoms with van der Waals surface area (Å²) in [5, 5.41) is 2.97. The number of ether oxygens (including phenoxy) is 5. The van der Waals surface area contributed by atoms with Crippen LogP contribution in [-0.4, -0.2) is 60.3 Å². The van der Waals surface area contributed by atoms with Gasteiger partial charge in [0.25, 0.3) is 0 Å². The van der Waals surface area contributed by atoms with Crippen molar-refractivity contribution in [3.05, 3.63) is 17.7 Å². The van der Waals surface area contributed by atoms with E-state index < -0.39 is 5.97 Å². The van der Waals surface area contributed by atoms with Gasteiger partial charge in [0.05, 0.1) is 31.1 Å². The number of anilines is 1. The Kier molecular flexibility index (Phi) is 8.86. The summed E-state index contributed by atoms with van der Waals surface area (Å²) in [6, 6.07) is 3.33. The summed E-state index contributed by atoms with van der Waals surface area (Å²) in [6.45, 7) is 3.66. The van der Waals surface area contributed by atoms with Gasteiger partial charge in [0.2, 0.25) is 0 Å². The SMILES string of the molecule is CCOC(=O)c1cc(OCCOC)c(OCCOC)cc1NC. The van der Waals surface area contributed by atoms with E-state index in [1.54, 1.807) is 40.3 Å². The Morgan fingerprint density at radius 2 is 1.57 bits per heavy atom. The van der Waals surface area contributed by atoms with Crippen LogP contribution in [0.5, 0.6) is 11.5 Å². The minimum atomic E-state index is -0.420. The molecule has 1 aromatic rings. The first-order chi connectivity index (χ1) is 11.2. The second-order valence-electron chi connectivity index (χ2n) is 4.50. The van der Waals surface area contributed by atoms with Crippen LogP contribution in [0.1, 0.15) is 17.3 Å². The summed E-state index contributed by atoms with van der Waals surface area (Å²) in [6.07, 6.45) is 0. The number of esters is 1. The fraction of sp³-hybridized carbons (Fsp3) is 0.562. The van der Waals surface area contributed by atoms with Crippen LogP contribution >= 0.6 is 0 Å². The Morgan fingerprint density at radius 3 is 2.04 bits per heavy atom. The molecule has 7 heteroatoms. The van der Waals surface area contributed by atoms with Crippen LogP contribution in [-0.2, 0) is 14.2 Å². The molecule has 1 N–H and O–H groups in total. The van der Waals surface area contributed by atoms with Crippen molar-refractivity contribution in [3.8, 4) is 11.5 Å². The molecule has 130 valence electrons. The van der Waals surface area contributed by atoms with Gasteiger partial charge in [0.15, 0.2) is 11.5 Å². The van der Waals surface area contributed by atoms with Gasteiger partial charge in [-0.2, -0.15) is 0 Å². The summed E-state index contributed by atoms with van der Waals surface area (Å²) < 4.78 is 26.3. The van der Waals surface area contributed by atoms with E-state index in [0.717, 1.165) is 0 Å². The first kappa shape index (κ1) is 19.1. The maximum Gasteiger partial charge on any atom is 0.340 e. The molecule has 0 fully saturated rings. The number of carbonyl (C=O) groups excluding carboxylic acids is 1. The summed E-state index contributed by atoms with van der Waals surface area (Å²) in [5.74, 6) is 0.563. The zero-order valence-electron chi connectivity index (χ0n) is 14.1. The molecule has 0 unspecified atom stereocenters. The molecule has 0 aromatic heterocycles. The Morgan fingerprint density at radius 1 is 1.00 bits per heavy atom. The van der Waals surface area contributed by atoms with Crippen molar-refractivity contribution in [2.75, 3.05) is 59.6 Å². The fourth-order valence-electron chi connectivity index (χ4n) is 1.84. The Hall–Kier alpha value is -1.99. The van der Waals surface area contributed by atoms with E-state index in [1.807, 2.05) is 0 Å². The van der Waals surface area contributed by atoms with Crippen molar-refractivity contribution in [2.24, 2.45) is 0 Å². The number of rotatable bonds is 11. The average molecular weight is 327 g/mol. The van der Waals surface area contributed by atoms with Crippen molar-refractivity contribution < 1.29 is 28.5 Å². The number of benzene rings is 1. The molecule has 7 nitrogen and oxygen atoms in total. The molecule has 23 heavy (non-hydrogen) atoms. The van der Waals surface area contributed by atoms with E-state index in [0.29, 0.717) is 55.8 Å². The van der Waals surface area contributed by atoms with Crippen LogP contribution in [0, 0.1) is 0 Å².